The fraction of sp³-hybridized carbons (Fsp3) is 0.292. The topological polar surface area (TPSA) is 91.1 Å². The molecule has 1 atom stereocenters. The molecule has 1 fully saturated rings. The summed E-state index contributed by atoms with van der Waals surface area (Å²) in [6.45, 7) is 0.947. The molecule has 1 N–H and O–H groups in total. The van der Waals surface area contributed by atoms with Gasteiger partial charge in [0.15, 0.2) is 0 Å². The van der Waals surface area contributed by atoms with Crippen molar-refractivity contribution in [3.8, 4) is 11.1 Å². The Morgan fingerprint density at radius 1 is 1.21 bits per heavy atom. The Morgan fingerprint density at radius 3 is 2.73 bits per heavy atom. The molecule has 0 spiro atoms. The molecular formula is C24H22ClFN2O5. The van der Waals surface area contributed by atoms with Crippen molar-refractivity contribution < 1.29 is 23.5 Å². The van der Waals surface area contributed by atoms with Gasteiger partial charge in [-0.15, -0.1) is 0 Å². The molecule has 0 bridgehead atoms. The Morgan fingerprint density at radius 2 is 2.00 bits per heavy atom. The molecule has 172 valence electrons. The average molecular weight is 473 g/mol. The summed E-state index contributed by atoms with van der Waals surface area (Å²) in [5.41, 5.74) is 1.51. The molecule has 3 aromatic rings. The SMILES string of the molecule is CN(Cc1ccc2c(-c3ccc(F)cc3Cl)cc(=O)oc2c1)C(=O)N1CCCC(C(=O)O)C1. The van der Waals surface area contributed by atoms with E-state index in [9.17, 15) is 23.9 Å². The van der Waals surface area contributed by atoms with Gasteiger partial charge in [0.1, 0.15) is 11.4 Å². The highest BCUT2D eigenvalue weighted by Gasteiger charge is 2.29. The minimum atomic E-state index is -0.892. The van der Waals surface area contributed by atoms with Crippen LogP contribution >= 0.6 is 11.6 Å². The van der Waals surface area contributed by atoms with Gasteiger partial charge >= 0.3 is 17.6 Å². The number of carboxylic acid groups (broad SMARTS) is 1. The fourth-order valence-electron chi connectivity index (χ4n) is 4.17. The van der Waals surface area contributed by atoms with Gasteiger partial charge in [-0.1, -0.05) is 23.7 Å². The molecule has 1 unspecified atom stereocenters. The molecule has 1 saturated heterocycles. The molecule has 0 aliphatic carbocycles. The number of fused-ring (bicyclic) bond motifs is 1. The first kappa shape index (κ1) is 22.8. The number of hydrogen-bond donors (Lipinski definition) is 1. The number of urea groups is 1. The summed E-state index contributed by atoms with van der Waals surface area (Å²) in [6, 6.07) is 10.3. The first-order valence-corrected chi connectivity index (χ1v) is 10.9. The van der Waals surface area contributed by atoms with E-state index in [2.05, 4.69) is 0 Å². The minimum Gasteiger partial charge on any atom is -0.481 e. The predicted molar refractivity (Wildman–Crippen MR) is 122 cm³/mol. The standard InChI is InChI=1S/C24H22ClFN2O5/c1-27(24(32)28-8-2-3-15(13-28)23(30)31)12-14-4-6-18-19(11-22(29)33-21(18)9-14)17-7-5-16(26)10-20(17)25/h4-7,9-11,15H,2-3,8,12-13H2,1H3,(H,30,31). The normalized spacial score (nSPS) is 16.1. The number of hydrogen-bond acceptors (Lipinski definition) is 4. The molecular weight excluding hydrogens is 451 g/mol. The number of rotatable bonds is 4. The second-order valence-corrected chi connectivity index (χ2v) is 8.60. The van der Waals surface area contributed by atoms with E-state index < -0.39 is 23.3 Å². The lowest BCUT2D eigenvalue weighted by Crippen LogP contribution is -2.47. The van der Waals surface area contributed by atoms with Gasteiger partial charge in [-0.2, -0.15) is 0 Å². The number of aliphatic carboxylic acids is 1. The zero-order valence-electron chi connectivity index (χ0n) is 17.9. The summed E-state index contributed by atoms with van der Waals surface area (Å²) < 4.78 is 18.8. The Balaban J connectivity index is 1.59. The Labute approximate surface area is 194 Å². The van der Waals surface area contributed by atoms with Gasteiger partial charge in [-0.25, -0.2) is 14.0 Å². The lowest BCUT2D eigenvalue weighted by molar-refractivity contribution is -0.143. The highest BCUT2D eigenvalue weighted by Crippen LogP contribution is 2.33. The second kappa shape index (κ2) is 9.23. The van der Waals surface area contributed by atoms with E-state index in [-0.39, 0.29) is 24.1 Å². The van der Waals surface area contributed by atoms with Crippen molar-refractivity contribution in [2.24, 2.45) is 5.92 Å². The molecule has 33 heavy (non-hydrogen) atoms. The number of carbonyl (C=O) groups is 2. The van der Waals surface area contributed by atoms with Gasteiger partial charge in [-0.3, -0.25) is 4.79 Å². The third-order valence-electron chi connectivity index (χ3n) is 5.82. The van der Waals surface area contributed by atoms with Crippen LogP contribution in [0.2, 0.25) is 5.02 Å². The number of likely N-dealkylation sites (tertiary alicyclic amines) is 1. The number of halogens is 2. The average Bonchev–Trinajstić information content (AvgIpc) is 2.78. The van der Waals surface area contributed by atoms with Crippen molar-refractivity contribution in [2.75, 3.05) is 20.1 Å². The van der Waals surface area contributed by atoms with Gasteiger partial charge in [0, 0.05) is 49.3 Å². The van der Waals surface area contributed by atoms with E-state index in [4.69, 9.17) is 16.0 Å². The van der Waals surface area contributed by atoms with Crippen molar-refractivity contribution in [1.82, 2.24) is 9.80 Å². The Kier molecular flexibility index (Phi) is 6.37. The molecule has 2 heterocycles. The molecule has 1 aromatic heterocycles. The van der Waals surface area contributed by atoms with Crippen LogP contribution in [-0.4, -0.2) is 47.0 Å². The summed E-state index contributed by atoms with van der Waals surface area (Å²) in [5.74, 6) is -1.92. The molecule has 9 heteroatoms. The van der Waals surface area contributed by atoms with Crippen LogP contribution in [0, 0.1) is 11.7 Å². The Hall–Kier alpha value is -3.39. The lowest BCUT2D eigenvalue weighted by atomic mass is 9.98. The van der Waals surface area contributed by atoms with Crippen LogP contribution < -0.4 is 5.63 Å². The number of amides is 2. The van der Waals surface area contributed by atoms with E-state index in [1.165, 1.54) is 29.2 Å². The van der Waals surface area contributed by atoms with Crippen LogP contribution in [0.4, 0.5) is 9.18 Å². The van der Waals surface area contributed by atoms with Gasteiger partial charge in [0.05, 0.1) is 10.9 Å². The van der Waals surface area contributed by atoms with Gasteiger partial charge in [0.2, 0.25) is 0 Å². The van der Waals surface area contributed by atoms with Crippen molar-refractivity contribution in [2.45, 2.75) is 19.4 Å². The van der Waals surface area contributed by atoms with Crippen LogP contribution in [0.1, 0.15) is 18.4 Å². The maximum atomic E-state index is 13.5. The van der Waals surface area contributed by atoms with E-state index in [0.29, 0.717) is 41.5 Å². The van der Waals surface area contributed by atoms with Crippen molar-refractivity contribution in [3.63, 3.8) is 0 Å². The fourth-order valence-corrected chi connectivity index (χ4v) is 4.44. The summed E-state index contributed by atoms with van der Waals surface area (Å²) >= 11 is 6.20. The zero-order valence-corrected chi connectivity index (χ0v) is 18.6. The molecule has 7 nitrogen and oxygen atoms in total. The van der Waals surface area contributed by atoms with Gasteiger partial charge in [0.25, 0.3) is 0 Å². The Bertz CT molecular complexity index is 1290. The largest absolute Gasteiger partial charge is 0.481 e. The van der Waals surface area contributed by atoms with E-state index in [1.807, 2.05) is 6.07 Å². The zero-order chi connectivity index (χ0) is 23.7. The highest BCUT2D eigenvalue weighted by molar-refractivity contribution is 6.33. The first-order chi connectivity index (χ1) is 15.7. The van der Waals surface area contributed by atoms with Crippen LogP contribution in [0.3, 0.4) is 0 Å². The van der Waals surface area contributed by atoms with Crippen molar-refractivity contribution in [3.05, 3.63) is 69.3 Å². The number of nitrogens with zero attached hydrogens (tertiary/aromatic N) is 2. The number of benzene rings is 2. The molecule has 1 aliphatic rings. The summed E-state index contributed by atoms with van der Waals surface area (Å²) in [4.78, 5) is 39.4. The van der Waals surface area contributed by atoms with Crippen LogP contribution in [0.25, 0.3) is 22.1 Å². The molecule has 0 saturated carbocycles. The van der Waals surface area contributed by atoms with Crippen molar-refractivity contribution >= 4 is 34.6 Å². The third-order valence-corrected chi connectivity index (χ3v) is 6.13. The van der Waals surface area contributed by atoms with Crippen molar-refractivity contribution in [1.29, 1.82) is 0 Å². The molecule has 2 aromatic carbocycles. The van der Waals surface area contributed by atoms with Crippen LogP contribution in [0.15, 0.2) is 51.7 Å². The van der Waals surface area contributed by atoms with Crippen LogP contribution in [0.5, 0.6) is 0 Å². The quantitative estimate of drug-likeness (QED) is 0.560. The molecule has 0 radical (unpaired) electrons. The number of piperidine rings is 1. The highest BCUT2D eigenvalue weighted by atomic mass is 35.5. The molecule has 2 amide bonds. The maximum absolute atomic E-state index is 13.5. The third kappa shape index (κ3) is 4.85. The molecule has 4 rings (SSSR count). The maximum Gasteiger partial charge on any atom is 0.336 e. The number of carbonyl (C=O) groups excluding carboxylic acids is 1. The first-order valence-electron chi connectivity index (χ1n) is 10.5. The summed E-state index contributed by atoms with van der Waals surface area (Å²) in [6.07, 6.45) is 1.21. The van der Waals surface area contributed by atoms with Gasteiger partial charge < -0.3 is 19.3 Å². The summed E-state index contributed by atoms with van der Waals surface area (Å²) in [5, 5.41) is 10.1. The number of carboxylic acids is 1. The lowest BCUT2D eigenvalue weighted by Gasteiger charge is -2.33. The summed E-state index contributed by atoms with van der Waals surface area (Å²) in [7, 11) is 1.64. The predicted octanol–water partition coefficient (Wildman–Crippen LogP) is 4.60. The van der Waals surface area contributed by atoms with Gasteiger partial charge in [-0.05, 0) is 42.7 Å². The minimum absolute atomic E-state index is 0.178. The van der Waals surface area contributed by atoms with E-state index in [1.54, 1.807) is 24.1 Å². The smallest absolute Gasteiger partial charge is 0.336 e. The monoisotopic (exact) mass is 472 g/mol. The molecule has 1 aliphatic heterocycles. The van der Waals surface area contributed by atoms with E-state index >= 15 is 0 Å². The van der Waals surface area contributed by atoms with E-state index in [0.717, 1.165) is 5.56 Å². The van der Waals surface area contributed by atoms with Crippen LogP contribution in [-0.2, 0) is 11.3 Å². The second-order valence-electron chi connectivity index (χ2n) is 8.20.